The smallest absolute Gasteiger partial charge is 0.222 e. The molecule has 0 bridgehead atoms. The zero-order valence-electron chi connectivity index (χ0n) is 10.1. The number of hydrogen-bond donors (Lipinski definition) is 1. The maximum absolute atomic E-state index is 13.6. The van der Waals surface area contributed by atoms with Crippen molar-refractivity contribution in [2.45, 2.75) is 20.4 Å². The molecule has 1 aromatic carbocycles. The molecule has 0 aliphatic carbocycles. The van der Waals surface area contributed by atoms with Crippen LogP contribution in [-0.4, -0.2) is 20.9 Å². The van der Waals surface area contributed by atoms with E-state index in [1.165, 1.54) is 17.7 Å². The van der Waals surface area contributed by atoms with Gasteiger partial charge in [0.1, 0.15) is 5.82 Å². The maximum atomic E-state index is 13.6. The molecule has 6 heteroatoms. The Bertz CT molecular complexity index is 559. The summed E-state index contributed by atoms with van der Waals surface area (Å²) in [5.74, 6) is -0.132. The number of nitrogens with zero attached hydrogens (tertiary/aromatic N) is 3. The first-order valence-corrected chi connectivity index (χ1v) is 5.48. The van der Waals surface area contributed by atoms with Crippen LogP contribution in [0.1, 0.15) is 18.1 Å². The van der Waals surface area contributed by atoms with Gasteiger partial charge in [0.25, 0.3) is 0 Å². The second kappa shape index (κ2) is 4.95. The summed E-state index contributed by atoms with van der Waals surface area (Å²) in [6, 6.07) is 4.91. The summed E-state index contributed by atoms with van der Waals surface area (Å²) < 4.78 is 15.1. The maximum Gasteiger partial charge on any atom is 0.222 e. The lowest BCUT2D eigenvalue weighted by Crippen LogP contribution is -2.06. The monoisotopic (exact) mass is 248 g/mol. The van der Waals surface area contributed by atoms with Crippen LogP contribution in [0.4, 0.5) is 10.2 Å². The molecule has 94 valence electrons. The lowest BCUT2D eigenvalue weighted by Gasteiger charge is -2.06. The van der Waals surface area contributed by atoms with Crippen molar-refractivity contribution in [1.29, 1.82) is 0 Å². The Morgan fingerprint density at radius 2 is 2.28 bits per heavy atom. The van der Waals surface area contributed by atoms with Crippen molar-refractivity contribution in [2.75, 3.05) is 5.32 Å². The van der Waals surface area contributed by atoms with Gasteiger partial charge in [-0.2, -0.15) is 0 Å². The number of rotatable bonds is 3. The van der Waals surface area contributed by atoms with Crippen molar-refractivity contribution < 1.29 is 9.18 Å². The molecule has 1 aromatic heterocycles. The van der Waals surface area contributed by atoms with Gasteiger partial charge in [0, 0.05) is 12.5 Å². The van der Waals surface area contributed by atoms with Crippen molar-refractivity contribution in [3.63, 3.8) is 0 Å². The molecule has 1 heterocycles. The molecule has 1 N–H and O–H groups in total. The Kier molecular flexibility index (Phi) is 3.36. The van der Waals surface area contributed by atoms with Crippen LogP contribution in [0.3, 0.4) is 0 Å². The number of halogens is 1. The normalized spacial score (nSPS) is 10.4. The fourth-order valence-electron chi connectivity index (χ4n) is 1.64. The molecule has 2 rings (SSSR count). The van der Waals surface area contributed by atoms with Gasteiger partial charge < -0.3 is 5.32 Å². The van der Waals surface area contributed by atoms with E-state index in [0.29, 0.717) is 11.4 Å². The topological polar surface area (TPSA) is 59.8 Å². The van der Waals surface area contributed by atoms with E-state index in [0.717, 1.165) is 5.56 Å². The zero-order valence-corrected chi connectivity index (χ0v) is 10.1. The highest BCUT2D eigenvalue weighted by atomic mass is 19.1. The number of carbonyl (C=O) groups excluding carboxylic acids is 1. The summed E-state index contributed by atoms with van der Waals surface area (Å²) in [4.78, 5) is 10.8. The second-order valence-electron chi connectivity index (χ2n) is 4.02. The highest BCUT2D eigenvalue weighted by molar-refractivity contribution is 5.87. The SMILES string of the molecule is CC(=O)Nc1cn(Cc2c(C)cccc2F)nn1. The minimum Gasteiger partial charge on any atom is -0.308 e. The quantitative estimate of drug-likeness (QED) is 0.899. The van der Waals surface area contributed by atoms with E-state index in [1.54, 1.807) is 12.3 Å². The fourth-order valence-corrected chi connectivity index (χ4v) is 1.64. The average Bonchev–Trinajstić information content (AvgIpc) is 2.70. The molecule has 5 nitrogen and oxygen atoms in total. The molecule has 0 spiro atoms. The summed E-state index contributed by atoms with van der Waals surface area (Å²) in [6.07, 6.45) is 1.56. The third-order valence-electron chi connectivity index (χ3n) is 2.52. The third-order valence-corrected chi connectivity index (χ3v) is 2.52. The largest absolute Gasteiger partial charge is 0.308 e. The predicted octanol–water partition coefficient (Wildman–Crippen LogP) is 1.73. The summed E-state index contributed by atoms with van der Waals surface area (Å²) in [6.45, 7) is 3.51. The van der Waals surface area contributed by atoms with E-state index in [-0.39, 0.29) is 18.3 Å². The van der Waals surface area contributed by atoms with Crippen LogP contribution in [0, 0.1) is 12.7 Å². The number of aryl methyl sites for hydroxylation is 1. The number of benzene rings is 1. The standard InChI is InChI=1S/C12H13FN4O/c1-8-4-3-5-11(13)10(8)6-17-7-12(15-16-17)14-9(2)18/h3-5,7H,6H2,1-2H3,(H,14,18). The molecule has 1 amide bonds. The van der Waals surface area contributed by atoms with Gasteiger partial charge in [-0.25, -0.2) is 9.07 Å². The molecule has 0 saturated heterocycles. The minimum atomic E-state index is -0.272. The highest BCUT2D eigenvalue weighted by Gasteiger charge is 2.08. The molecule has 0 radical (unpaired) electrons. The summed E-state index contributed by atoms with van der Waals surface area (Å²) in [5, 5.41) is 10.1. The molecular formula is C12H13FN4O. The first-order chi connectivity index (χ1) is 8.56. The Morgan fingerprint density at radius 1 is 1.50 bits per heavy atom. The molecule has 0 unspecified atom stereocenters. The summed E-state index contributed by atoms with van der Waals surface area (Å²) in [7, 11) is 0. The molecule has 0 atom stereocenters. The molecule has 0 aliphatic heterocycles. The molecule has 2 aromatic rings. The van der Waals surface area contributed by atoms with Crippen molar-refractivity contribution in [3.8, 4) is 0 Å². The number of aromatic nitrogens is 3. The molecule has 0 saturated carbocycles. The van der Waals surface area contributed by atoms with E-state index in [2.05, 4.69) is 15.6 Å². The lowest BCUT2D eigenvalue weighted by molar-refractivity contribution is -0.114. The Labute approximate surface area is 104 Å². The molecular weight excluding hydrogens is 235 g/mol. The number of amides is 1. The van der Waals surface area contributed by atoms with Crippen LogP contribution in [0.2, 0.25) is 0 Å². The number of carbonyl (C=O) groups is 1. The van der Waals surface area contributed by atoms with Crippen LogP contribution in [0.25, 0.3) is 0 Å². The Hall–Kier alpha value is -2.24. The van der Waals surface area contributed by atoms with Crippen molar-refractivity contribution in [3.05, 3.63) is 41.3 Å². The van der Waals surface area contributed by atoms with Gasteiger partial charge >= 0.3 is 0 Å². The number of nitrogens with one attached hydrogen (secondary N) is 1. The van der Waals surface area contributed by atoms with Crippen LogP contribution < -0.4 is 5.32 Å². The molecule has 18 heavy (non-hydrogen) atoms. The number of hydrogen-bond acceptors (Lipinski definition) is 3. The van der Waals surface area contributed by atoms with Gasteiger partial charge in [0.15, 0.2) is 5.82 Å². The second-order valence-corrected chi connectivity index (χ2v) is 4.02. The third kappa shape index (κ3) is 2.71. The zero-order chi connectivity index (χ0) is 13.1. The number of anilines is 1. The van der Waals surface area contributed by atoms with Crippen LogP contribution >= 0.6 is 0 Å². The minimum absolute atomic E-state index is 0.218. The van der Waals surface area contributed by atoms with Crippen molar-refractivity contribution in [2.24, 2.45) is 0 Å². The highest BCUT2D eigenvalue weighted by Crippen LogP contribution is 2.14. The van der Waals surface area contributed by atoms with Crippen molar-refractivity contribution in [1.82, 2.24) is 15.0 Å². The first kappa shape index (κ1) is 12.2. The lowest BCUT2D eigenvalue weighted by atomic mass is 10.1. The first-order valence-electron chi connectivity index (χ1n) is 5.48. The Morgan fingerprint density at radius 3 is 2.94 bits per heavy atom. The molecule has 0 aliphatic rings. The van der Waals surface area contributed by atoms with E-state index < -0.39 is 0 Å². The summed E-state index contributed by atoms with van der Waals surface area (Å²) >= 11 is 0. The van der Waals surface area contributed by atoms with Crippen LogP contribution in [-0.2, 0) is 11.3 Å². The van der Waals surface area contributed by atoms with E-state index in [9.17, 15) is 9.18 Å². The molecule has 0 fully saturated rings. The average molecular weight is 248 g/mol. The van der Waals surface area contributed by atoms with Gasteiger partial charge in [-0.15, -0.1) is 5.10 Å². The Balaban J connectivity index is 2.19. The van der Waals surface area contributed by atoms with Crippen molar-refractivity contribution >= 4 is 11.7 Å². The van der Waals surface area contributed by atoms with Gasteiger partial charge in [-0.1, -0.05) is 17.3 Å². The van der Waals surface area contributed by atoms with E-state index >= 15 is 0 Å². The van der Waals surface area contributed by atoms with Crippen LogP contribution in [0.15, 0.2) is 24.4 Å². The summed E-state index contributed by atoms with van der Waals surface area (Å²) in [5.41, 5.74) is 1.42. The van der Waals surface area contributed by atoms with Gasteiger partial charge in [-0.3, -0.25) is 4.79 Å². The van der Waals surface area contributed by atoms with E-state index in [4.69, 9.17) is 0 Å². The van der Waals surface area contributed by atoms with Gasteiger partial charge in [-0.05, 0) is 18.6 Å². The van der Waals surface area contributed by atoms with Crippen LogP contribution in [0.5, 0.6) is 0 Å². The predicted molar refractivity (Wildman–Crippen MR) is 64.6 cm³/mol. The van der Waals surface area contributed by atoms with E-state index in [1.807, 2.05) is 13.0 Å². The van der Waals surface area contributed by atoms with Gasteiger partial charge in [0.05, 0.1) is 12.7 Å². The van der Waals surface area contributed by atoms with Gasteiger partial charge in [0.2, 0.25) is 5.91 Å². The fraction of sp³-hybridized carbons (Fsp3) is 0.250.